The third-order valence-electron chi connectivity index (χ3n) is 3.55. The molecule has 1 fully saturated rings. The molecule has 1 aromatic heterocycles. The van der Waals surface area contributed by atoms with Gasteiger partial charge in [0.05, 0.1) is 6.61 Å². The molecule has 116 valence electrons. The number of carbonyl (C=O) groups is 1. The maximum Gasteiger partial charge on any atom is 0.362 e. The van der Waals surface area contributed by atoms with Crippen molar-refractivity contribution in [3.8, 4) is 0 Å². The Morgan fingerprint density at radius 1 is 1.52 bits per heavy atom. The maximum atomic E-state index is 12.0. The molecule has 7 heteroatoms. The third-order valence-corrected chi connectivity index (χ3v) is 4.22. The lowest BCUT2D eigenvalue weighted by molar-refractivity contribution is -0.135. The minimum Gasteiger partial charge on any atom is -0.461 e. The summed E-state index contributed by atoms with van der Waals surface area (Å²) in [5, 5.41) is 6.09. The topological polar surface area (TPSA) is 86.8 Å². The molecule has 2 rings (SSSR count). The van der Waals surface area contributed by atoms with E-state index in [1.54, 1.807) is 12.3 Å². The Kier molecular flexibility index (Phi) is 5.55. The van der Waals surface area contributed by atoms with E-state index in [1.807, 2.05) is 0 Å². The Hall–Kier alpha value is -1.63. The highest BCUT2D eigenvalue weighted by atomic mass is 32.1. The van der Waals surface area contributed by atoms with E-state index in [2.05, 4.69) is 17.1 Å². The summed E-state index contributed by atoms with van der Waals surface area (Å²) in [4.78, 5) is 21.7. The van der Waals surface area contributed by atoms with Gasteiger partial charge in [-0.2, -0.15) is 0 Å². The molecule has 1 aliphatic rings. The Morgan fingerprint density at radius 2 is 2.29 bits per heavy atom. The van der Waals surface area contributed by atoms with Crippen LogP contribution in [0.15, 0.2) is 10.5 Å². The molecule has 0 amide bonds. The van der Waals surface area contributed by atoms with Crippen molar-refractivity contribution in [2.45, 2.75) is 45.6 Å². The van der Waals surface area contributed by atoms with Gasteiger partial charge in [-0.3, -0.25) is 0 Å². The largest absolute Gasteiger partial charge is 0.461 e. The van der Waals surface area contributed by atoms with E-state index in [1.165, 1.54) is 17.8 Å². The summed E-state index contributed by atoms with van der Waals surface area (Å²) < 4.78 is 5.01. The van der Waals surface area contributed by atoms with Crippen molar-refractivity contribution in [3.05, 3.63) is 11.1 Å². The van der Waals surface area contributed by atoms with Crippen LogP contribution in [0.1, 0.15) is 45.2 Å². The number of carbonyl (C=O) groups excluding carboxylic acids is 1. The van der Waals surface area contributed by atoms with Gasteiger partial charge in [-0.15, -0.1) is 11.3 Å². The summed E-state index contributed by atoms with van der Waals surface area (Å²) in [7, 11) is 0. The molecular weight excluding hydrogens is 290 g/mol. The zero-order chi connectivity index (χ0) is 15.2. The predicted molar refractivity (Wildman–Crippen MR) is 82.2 cm³/mol. The van der Waals surface area contributed by atoms with Crippen LogP contribution in [-0.4, -0.2) is 29.4 Å². The highest BCUT2D eigenvalue weighted by molar-refractivity contribution is 7.13. The predicted octanol–water partition coefficient (Wildman–Crippen LogP) is 2.59. The highest BCUT2D eigenvalue weighted by Gasteiger charge is 2.25. The van der Waals surface area contributed by atoms with Gasteiger partial charge >= 0.3 is 5.97 Å². The first-order valence-electron chi connectivity index (χ1n) is 7.24. The molecule has 2 N–H and O–H groups in total. The van der Waals surface area contributed by atoms with E-state index in [0.29, 0.717) is 16.7 Å². The monoisotopic (exact) mass is 311 g/mol. The van der Waals surface area contributed by atoms with E-state index in [0.717, 1.165) is 19.3 Å². The fourth-order valence-electron chi connectivity index (χ4n) is 2.34. The molecule has 0 aliphatic heterocycles. The molecule has 0 radical (unpaired) electrons. The SMILES string of the molecule is CCOC(=O)/C(=N/O[C@@H]1CCCC[C@H]1C)c1csc(N)n1. The number of oxime groups is 1. The van der Waals surface area contributed by atoms with Crippen molar-refractivity contribution >= 4 is 28.1 Å². The van der Waals surface area contributed by atoms with E-state index in [4.69, 9.17) is 15.3 Å². The Labute approximate surface area is 128 Å². The zero-order valence-corrected chi connectivity index (χ0v) is 13.2. The average molecular weight is 311 g/mol. The van der Waals surface area contributed by atoms with Gasteiger partial charge in [0.1, 0.15) is 11.8 Å². The van der Waals surface area contributed by atoms with Crippen molar-refractivity contribution in [3.63, 3.8) is 0 Å². The average Bonchev–Trinajstić information content (AvgIpc) is 2.88. The molecule has 6 nitrogen and oxygen atoms in total. The maximum absolute atomic E-state index is 12.0. The van der Waals surface area contributed by atoms with Gasteiger partial charge in [0.15, 0.2) is 5.13 Å². The van der Waals surface area contributed by atoms with Gasteiger partial charge in [-0.1, -0.05) is 18.5 Å². The van der Waals surface area contributed by atoms with Gasteiger partial charge in [0.25, 0.3) is 0 Å². The van der Waals surface area contributed by atoms with Crippen molar-refractivity contribution in [2.24, 2.45) is 11.1 Å². The number of nitrogens with two attached hydrogens (primary N) is 1. The number of ether oxygens (including phenoxy) is 1. The quantitative estimate of drug-likeness (QED) is 0.513. The fourth-order valence-corrected chi connectivity index (χ4v) is 2.89. The Balaban J connectivity index is 2.14. The van der Waals surface area contributed by atoms with Crippen LogP contribution in [0.5, 0.6) is 0 Å². The number of hydrogen-bond donors (Lipinski definition) is 1. The van der Waals surface area contributed by atoms with Crippen molar-refractivity contribution in [2.75, 3.05) is 12.3 Å². The van der Waals surface area contributed by atoms with Crippen LogP contribution in [0.25, 0.3) is 0 Å². The molecular formula is C14H21N3O3S. The summed E-state index contributed by atoms with van der Waals surface area (Å²) in [5.41, 5.74) is 6.10. The number of nitrogen functional groups attached to an aromatic ring is 1. The minimum atomic E-state index is -0.536. The molecule has 0 unspecified atom stereocenters. The molecule has 1 aliphatic carbocycles. The fraction of sp³-hybridized carbons (Fsp3) is 0.643. The first-order valence-corrected chi connectivity index (χ1v) is 8.12. The van der Waals surface area contributed by atoms with Gasteiger partial charge in [0, 0.05) is 5.38 Å². The molecule has 0 saturated heterocycles. The van der Waals surface area contributed by atoms with E-state index < -0.39 is 5.97 Å². The molecule has 1 aromatic rings. The van der Waals surface area contributed by atoms with E-state index in [9.17, 15) is 4.79 Å². The van der Waals surface area contributed by atoms with E-state index in [-0.39, 0.29) is 18.4 Å². The number of hydrogen-bond acceptors (Lipinski definition) is 7. The second-order valence-corrected chi connectivity index (χ2v) is 6.03. The first kappa shape index (κ1) is 15.8. The van der Waals surface area contributed by atoms with Crippen molar-refractivity contribution < 1.29 is 14.4 Å². The summed E-state index contributed by atoms with van der Waals surface area (Å²) in [6.45, 7) is 4.16. The van der Waals surface area contributed by atoms with Crippen LogP contribution in [0.3, 0.4) is 0 Å². The first-order chi connectivity index (χ1) is 10.1. The lowest BCUT2D eigenvalue weighted by Crippen LogP contribution is -2.26. The molecule has 0 bridgehead atoms. The van der Waals surface area contributed by atoms with Crippen LogP contribution in [-0.2, 0) is 14.4 Å². The van der Waals surface area contributed by atoms with Gasteiger partial charge in [-0.05, 0) is 32.1 Å². The number of thiazole rings is 1. The second-order valence-electron chi connectivity index (χ2n) is 5.14. The van der Waals surface area contributed by atoms with Gasteiger partial charge in [-0.25, -0.2) is 9.78 Å². The van der Waals surface area contributed by atoms with Crippen LogP contribution in [0.4, 0.5) is 5.13 Å². The summed E-state index contributed by atoms with van der Waals surface area (Å²) in [6.07, 6.45) is 4.47. The molecule has 0 spiro atoms. The van der Waals surface area contributed by atoms with Crippen LogP contribution in [0, 0.1) is 5.92 Å². The summed E-state index contributed by atoms with van der Waals surface area (Å²) in [5.74, 6) is -0.0993. The van der Waals surface area contributed by atoms with Gasteiger partial charge < -0.3 is 15.3 Å². The molecule has 1 saturated carbocycles. The van der Waals surface area contributed by atoms with Crippen molar-refractivity contribution in [1.29, 1.82) is 0 Å². The number of anilines is 1. The Bertz CT molecular complexity index is 515. The highest BCUT2D eigenvalue weighted by Crippen LogP contribution is 2.26. The normalized spacial score (nSPS) is 22.9. The molecule has 21 heavy (non-hydrogen) atoms. The van der Waals surface area contributed by atoms with Crippen LogP contribution in [0.2, 0.25) is 0 Å². The van der Waals surface area contributed by atoms with Gasteiger partial charge in [0.2, 0.25) is 5.71 Å². The summed E-state index contributed by atoms with van der Waals surface area (Å²) in [6, 6.07) is 0. The van der Waals surface area contributed by atoms with Crippen molar-refractivity contribution in [1.82, 2.24) is 4.98 Å². The van der Waals surface area contributed by atoms with Crippen LogP contribution < -0.4 is 5.73 Å². The Morgan fingerprint density at radius 3 is 2.90 bits per heavy atom. The zero-order valence-electron chi connectivity index (χ0n) is 12.4. The minimum absolute atomic E-state index is 0.0409. The second kappa shape index (κ2) is 7.40. The standard InChI is InChI=1S/C14H21N3O3S/c1-3-19-13(18)12(10-8-21-14(15)16-10)17-20-11-7-5-4-6-9(11)2/h8-9,11H,3-7H2,1-2H3,(H2,15,16)/b17-12+/t9-,11-/m1/s1. The lowest BCUT2D eigenvalue weighted by atomic mass is 9.88. The van der Waals surface area contributed by atoms with Crippen LogP contribution >= 0.6 is 11.3 Å². The third kappa shape index (κ3) is 4.17. The number of nitrogens with zero attached hydrogens (tertiary/aromatic N) is 2. The molecule has 2 atom stereocenters. The smallest absolute Gasteiger partial charge is 0.362 e. The number of rotatable bonds is 5. The molecule has 0 aromatic carbocycles. The number of esters is 1. The number of aromatic nitrogens is 1. The lowest BCUT2D eigenvalue weighted by Gasteiger charge is -2.26. The molecule has 1 heterocycles. The van der Waals surface area contributed by atoms with E-state index >= 15 is 0 Å². The summed E-state index contributed by atoms with van der Waals surface area (Å²) >= 11 is 1.25.